The molecule has 110 valence electrons. The maximum atomic E-state index is 13.6. The average Bonchev–Trinajstić information content (AvgIpc) is 2.52. The summed E-state index contributed by atoms with van der Waals surface area (Å²) in [5.41, 5.74) is 1.90. The highest BCUT2D eigenvalue weighted by atomic mass is 19.1. The molecule has 1 fully saturated rings. The molecular formula is C17H20FN3. The van der Waals surface area contributed by atoms with E-state index in [-0.39, 0.29) is 5.82 Å². The highest BCUT2D eigenvalue weighted by Crippen LogP contribution is 2.12. The molecule has 0 N–H and O–H groups in total. The summed E-state index contributed by atoms with van der Waals surface area (Å²) in [5, 5.41) is 0. The van der Waals surface area contributed by atoms with Crippen molar-refractivity contribution in [2.45, 2.75) is 13.1 Å². The van der Waals surface area contributed by atoms with Gasteiger partial charge in [-0.3, -0.25) is 14.8 Å². The number of halogens is 1. The lowest BCUT2D eigenvalue weighted by Gasteiger charge is -2.34. The van der Waals surface area contributed by atoms with Gasteiger partial charge in [0.15, 0.2) is 0 Å². The van der Waals surface area contributed by atoms with Gasteiger partial charge in [-0.15, -0.1) is 0 Å². The number of hydrogen-bond acceptors (Lipinski definition) is 3. The smallest absolute Gasteiger partial charge is 0.146 e. The summed E-state index contributed by atoms with van der Waals surface area (Å²) in [7, 11) is 0. The van der Waals surface area contributed by atoms with Crippen LogP contribution in [0.2, 0.25) is 0 Å². The van der Waals surface area contributed by atoms with Crippen molar-refractivity contribution in [3.8, 4) is 0 Å². The van der Waals surface area contributed by atoms with Crippen molar-refractivity contribution >= 4 is 0 Å². The fourth-order valence-electron chi connectivity index (χ4n) is 2.69. The van der Waals surface area contributed by atoms with Crippen LogP contribution in [0.25, 0.3) is 0 Å². The van der Waals surface area contributed by atoms with E-state index in [9.17, 15) is 4.39 Å². The minimum atomic E-state index is -0.204. The van der Waals surface area contributed by atoms with Crippen molar-refractivity contribution in [3.63, 3.8) is 0 Å². The van der Waals surface area contributed by atoms with Gasteiger partial charge >= 0.3 is 0 Å². The Morgan fingerprint density at radius 3 is 2.19 bits per heavy atom. The molecule has 1 aliphatic rings. The van der Waals surface area contributed by atoms with E-state index in [0.29, 0.717) is 12.2 Å². The van der Waals surface area contributed by atoms with Crippen LogP contribution in [0.5, 0.6) is 0 Å². The van der Waals surface area contributed by atoms with E-state index in [0.717, 1.165) is 32.7 Å². The van der Waals surface area contributed by atoms with Crippen LogP contribution < -0.4 is 0 Å². The zero-order chi connectivity index (χ0) is 14.5. The summed E-state index contributed by atoms with van der Waals surface area (Å²) in [6, 6.07) is 13.6. The van der Waals surface area contributed by atoms with Crippen LogP contribution in [0.1, 0.15) is 11.3 Å². The first-order valence-corrected chi connectivity index (χ1v) is 7.39. The molecule has 3 rings (SSSR count). The summed E-state index contributed by atoms with van der Waals surface area (Å²) in [5.74, 6) is -0.204. The number of rotatable bonds is 4. The van der Waals surface area contributed by atoms with Crippen LogP contribution >= 0.6 is 0 Å². The summed E-state index contributed by atoms with van der Waals surface area (Å²) in [6.45, 7) is 5.55. The molecule has 1 aliphatic heterocycles. The van der Waals surface area contributed by atoms with E-state index in [1.807, 2.05) is 6.07 Å². The van der Waals surface area contributed by atoms with Crippen molar-refractivity contribution in [1.29, 1.82) is 0 Å². The summed E-state index contributed by atoms with van der Waals surface area (Å²) in [6.07, 6.45) is 1.66. The van der Waals surface area contributed by atoms with E-state index in [2.05, 4.69) is 39.0 Å². The first-order chi connectivity index (χ1) is 10.3. The zero-order valence-corrected chi connectivity index (χ0v) is 12.1. The van der Waals surface area contributed by atoms with E-state index in [1.165, 1.54) is 11.6 Å². The van der Waals surface area contributed by atoms with E-state index < -0.39 is 0 Å². The standard InChI is InChI=1S/C17H20FN3/c18-16-7-4-8-19-17(16)14-21-11-9-20(10-12-21)13-15-5-2-1-3-6-15/h1-8H,9-14H2. The van der Waals surface area contributed by atoms with Gasteiger partial charge in [0, 0.05) is 45.5 Å². The van der Waals surface area contributed by atoms with E-state index >= 15 is 0 Å². The monoisotopic (exact) mass is 285 g/mol. The van der Waals surface area contributed by atoms with Crippen molar-refractivity contribution in [3.05, 3.63) is 65.7 Å². The lowest BCUT2D eigenvalue weighted by atomic mass is 10.2. The van der Waals surface area contributed by atoms with Gasteiger partial charge < -0.3 is 0 Å². The topological polar surface area (TPSA) is 19.4 Å². The van der Waals surface area contributed by atoms with Crippen molar-refractivity contribution in [2.75, 3.05) is 26.2 Å². The van der Waals surface area contributed by atoms with Crippen LogP contribution in [-0.4, -0.2) is 41.0 Å². The molecule has 0 bridgehead atoms. The van der Waals surface area contributed by atoms with Gasteiger partial charge in [-0.2, -0.15) is 0 Å². The molecule has 0 amide bonds. The minimum Gasteiger partial charge on any atom is -0.297 e. The number of piperazine rings is 1. The molecule has 1 aromatic heterocycles. The van der Waals surface area contributed by atoms with Gasteiger partial charge in [-0.25, -0.2) is 4.39 Å². The number of pyridine rings is 1. The summed E-state index contributed by atoms with van der Waals surface area (Å²) in [4.78, 5) is 8.84. The predicted octanol–water partition coefficient (Wildman–Crippen LogP) is 2.54. The Bertz CT molecular complexity index is 565. The highest BCUT2D eigenvalue weighted by molar-refractivity contribution is 5.14. The molecule has 0 radical (unpaired) electrons. The van der Waals surface area contributed by atoms with Crippen LogP contribution in [0.15, 0.2) is 48.7 Å². The predicted molar refractivity (Wildman–Crippen MR) is 81.2 cm³/mol. The maximum Gasteiger partial charge on any atom is 0.146 e. The third kappa shape index (κ3) is 3.86. The summed E-state index contributed by atoms with van der Waals surface area (Å²) < 4.78 is 13.6. The SMILES string of the molecule is Fc1cccnc1CN1CCN(Cc2ccccc2)CC1. The Morgan fingerprint density at radius 2 is 1.52 bits per heavy atom. The van der Waals surface area contributed by atoms with Crippen LogP contribution in [0.3, 0.4) is 0 Å². The molecule has 2 aromatic rings. The third-order valence-corrected chi connectivity index (χ3v) is 3.92. The minimum absolute atomic E-state index is 0.204. The van der Waals surface area contributed by atoms with E-state index in [4.69, 9.17) is 0 Å². The molecule has 0 atom stereocenters. The number of aromatic nitrogens is 1. The van der Waals surface area contributed by atoms with Gasteiger partial charge in [0.2, 0.25) is 0 Å². The van der Waals surface area contributed by atoms with Crippen LogP contribution in [0, 0.1) is 5.82 Å². The maximum absolute atomic E-state index is 13.6. The molecule has 4 heteroatoms. The molecule has 0 unspecified atom stereocenters. The van der Waals surface area contributed by atoms with Gasteiger partial charge in [-0.05, 0) is 17.7 Å². The molecule has 0 aliphatic carbocycles. The highest BCUT2D eigenvalue weighted by Gasteiger charge is 2.18. The second kappa shape index (κ2) is 6.78. The van der Waals surface area contributed by atoms with Crippen molar-refractivity contribution in [2.24, 2.45) is 0 Å². The Hall–Kier alpha value is -1.78. The fourth-order valence-corrected chi connectivity index (χ4v) is 2.69. The molecule has 0 saturated carbocycles. The Balaban J connectivity index is 1.50. The first kappa shape index (κ1) is 14.2. The van der Waals surface area contributed by atoms with Gasteiger partial charge in [-0.1, -0.05) is 30.3 Å². The first-order valence-electron chi connectivity index (χ1n) is 7.39. The molecular weight excluding hydrogens is 265 g/mol. The Kier molecular flexibility index (Phi) is 4.58. The lowest BCUT2D eigenvalue weighted by molar-refractivity contribution is 0.120. The molecule has 0 spiro atoms. The molecule has 2 heterocycles. The summed E-state index contributed by atoms with van der Waals surface area (Å²) >= 11 is 0. The zero-order valence-electron chi connectivity index (χ0n) is 12.1. The van der Waals surface area contributed by atoms with Crippen LogP contribution in [-0.2, 0) is 13.1 Å². The molecule has 1 saturated heterocycles. The molecule has 1 aromatic carbocycles. The molecule has 3 nitrogen and oxygen atoms in total. The average molecular weight is 285 g/mol. The van der Waals surface area contributed by atoms with Gasteiger partial charge in [0.05, 0.1) is 5.69 Å². The Labute approximate surface area is 125 Å². The fraction of sp³-hybridized carbons (Fsp3) is 0.353. The second-order valence-electron chi connectivity index (χ2n) is 5.47. The quantitative estimate of drug-likeness (QED) is 0.860. The largest absolute Gasteiger partial charge is 0.297 e. The second-order valence-corrected chi connectivity index (χ2v) is 5.47. The number of benzene rings is 1. The van der Waals surface area contributed by atoms with Crippen molar-refractivity contribution in [1.82, 2.24) is 14.8 Å². The normalized spacial score (nSPS) is 17.0. The Morgan fingerprint density at radius 1 is 0.857 bits per heavy atom. The van der Waals surface area contributed by atoms with Gasteiger partial charge in [0.25, 0.3) is 0 Å². The lowest BCUT2D eigenvalue weighted by Crippen LogP contribution is -2.45. The number of hydrogen-bond donors (Lipinski definition) is 0. The van der Waals surface area contributed by atoms with Gasteiger partial charge in [0.1, 0.15) is 5.82 Å². The molecule has 21 heavy (non-hydrogen) atoms. The van der Waals surface area contributed by atoms with Crippen LogP contribution in [0.4, 0.5) is 4.39 Å². The van der Waals surface area contributed by atoms with Crippen molar-refractivity contribution < 1.29 is 4.39 Å². The third-order valence-electron chi connectivity index (χ3n) is 3.92. The van der Waals surface area contributed by atoms with E-state index in [1.54, 1.807) is 12.3 Å². The number of nitrogens with zero attached hydrogens (tertiary/aromatic N) is 3.